The van der Waals surface area contributed by atoms with Gasteiger partial charge >= 0.3 is 0 Å². The van der Waals surface area contributed by atoms with Crippen molar-refractivity contribution in [1.82, 2.24) is 19.2 Å². The number of anilines is 1. The largest absolute Gasteiger partial charge is 0.319 e. The first-order valence-electron chi connectivity index (χ1n) is 8.45. The van der Waals surface area contributed by atoms with Gasteiger partial charge < -0.3 is 5.32 Å². The molecule has 0 unspecified atom stereocenters. The van der Waals surface area contributed by atoms with E-state index in [-0.39, 0.29) is 5.56 Å². The Balaban J connectivity index is 1.71. The summed E-state index contributed by atoms with van der Waals surface area (Å²) in [5.74, 6) is -0.510. The molecule has 1 N–H and O–H groups in total. The minimum absolute atomic E-state index is 0.0232. The van der Waals surface area contributed by atoms with Crippen molar-refractivity contribution in [3.05, 3.63) is 88.2 Å². The second-order valence-corrected chi connectivity index (χ2v) is 6.15. The van der Waals surface area contributed by atoms with Crippen molar-refractivity contribution < 1.29 is 4.79 Å². The van der Waals surface area contributed by atoms with E-state index in [4.69, 9.17) is 0 Å². The molecule has 7 heteroatoms. The molecule has 0 bridgehead atoms. The van der Waals surface area contributed by atoms with Crippen LogP contribution in [0.3, 0.4) is 0 Å². The van der Waals surface area contributed by atoms with E-state index in [1.54, 1.807) is 29.1 Å². The van der Waals surface area contributed by atoms with Crippen LogP contribution in [0, 0.1) is 13.8 Å². The zero-order chi connectivity index (χ0) is 19.0. The molecule has 1 aromatic carbocycles. The fourth-order valence-corrected chi connectivity index (χ4v) is 3.01. The van der Waals surface area contributed by atoms with E-state index in [9.17, 15) is 9.59 Å². The lowest BCUT2D eigenvalue weighted by atomic mass is 10.2. The third-order valence-electron chi connectivity index (χ3n) is 4.39. The number of amides is 1. The maximum Gasteiger partial charge on any atom is 0.270 e. The van der Waals surface area contributed by atoms with Crippen molar-refractivity contribution in [3.8, 4) is 5.69 Å². The first-order valence-corrected chi connectivity index (χ1v) is 8.45. The molecule has 4 rings (SSSR count). The lowest BCUT2D eigenvalue weighted by molar-refractivity contribution is 0.102. The highest BCUT2D eigenvalue weighted by Crippen LogP contribution is 2.23. The average molecular weight is 359 g/mol. The van der Waals surface area contributed by atoms with E-state index in [1.807, 2.05) is 44.2 Å². The molecule has 0 radical (unpaired) electrons. The number of hydrogen-bond acceptors (Lipinski definition) is 4. The third kappa shape index (κ3) is 2.89. The zero-order valence-corrected chi connectivity index (χ0v) is 14.9. The summed E-state index contributed by atoms with van der Waals surface area (Å²) < 4.78 is 3.11. The third-order valence-corrected chi connectivity index (χ3v) is 4.39. The van der Waals surface area contributed by atoms with Gasteiger partial charge in [0.25, 0.3) is 11.5 Å². The van der Waals surface area contributed by atoms with Crippen molar-refractivity contribution in [3.63, 3.8) is 0 Å². The molecule has 4 aromatic rings. The summed E-state index contributed by atoms with van der Waals surface area (Å²) in [7, 11) is 0. The van der Waals surface area contributed by atoms with Crippen molar-refractivity contribution in [2.24, 2.45) is 0 Å². The van der Waals surface area contributed by atoms with Crippen LogP contribution in [-0.4, -0.2) is 25.1 Å². The normalized spacial score (nSPS) is 10.9. The first kappa shape index (κ1) is 16.7. The zero-order valence-electron chi connectivity index (χ0n) is 14.9. The van der Waals surface area contributed by atoms with E-state index in [2.05, 4.69) is 15.4 Å². The van der Waals surface area contributed by atoms with Crippen LogP contribution in [0.1, 0.15) is 21.7 Å². The van der Waals surface area contributed by atoms with Gasteiger partial charge in [-0.25, -0.2) is 9.67 Å². The number of nitrogens with zero attached hydrogens (tertiary/aromatic N) is 4. The van der Waals surface area contributed by atoms with Crippen LogP contribution >= 0.6 is 0 Å². The van der Waals surface area contributed by atoms with Crippen LogP contribution in [0.15, 0.2) is 65.7 Å². The summed E-state index contributed by atoms with van der Waals surface area (Å²) >= 11 is 0. The highest BCUT2D eigenvalue weighted by molar-refractivity contribution is 6.04. The number of carbonyl (C=O) groups is 1. The Morgan fingerprint density at radius 3 is 2.56 bits per heavy atom. The standard InChI is InChI=1S/C20H17N5O2/c1-13-18(14(2)25(23-13)15-8-4-3-5-9-15)22-19(26)16-12-21-17-10-6-7-11-24(17)20(16)27/h3-12H,1-2H3,(H,22,26). The second kappa shape index (κ2) is 6.53. The molecule has 134 valence electrons. The number of carbonyl (C=O) groups excluding carboxylic acids is 1. The summed E-state index contributed by atoms with van der Waals surface area (Å²) in [6, 6.07) is 14.9. The van der Waals surface area contributed by atoms with Crippen LogP contribution in [0.2, 0.25) is 0 Å². The predicted molar refractivity (Wildman–Crippen MR) is 102 cm³/mol. The molecule has 7 nitrogen and oxygen atoms in total. The summed E-state index contributed by atoms with van der Waals surface area (Å²) in [6.07, 6.45) is 2.89. The number of benzene rings is 1. The number of para-hydroxylation sites is 1. The quantitative estimate of drug-likeness (QED) is 0.610. The Bertz CT molecular complexity index is 1210. The Morgan fingerprint density at radius 1 is 1.04 bits per heavy atom. The molecule has 0 saturated heterocycles. The predicted octanol–water partition coefficient (Wildman–Crippen LogP) is 2.75. The van der Waals surface area contributed by atoms with Gasteiger partial charge in [0.15, 0.2) is 0 Å². The molecule has 1 amide bonds. The van der Waals surface area contributed by atoms with Gasteiger partial charge in [0.2, 0.25) is 0 Å². The molecule has 3 heterocycles. The Labute approximate surface area is 154 Å². The van der Waals surface area contributed by atoms with Crippen LogP contribution < -0.4 is 10.9 Å². The summed E-state index contributed by atoms with van der Waals surface area (Å²) in [5.41, 5.74) is 2.98. The highest BCUT2D eigenvalue weighted by Gasteiger charge is 2.19. The fraction of sp³-hybridized carbons (Fsp3) is 0.100. The topological polar surface area (TPSA) is 81.3 Å². The summed E-state index contributed by atoms with van der Waals surface area (Å²) in [4.78, 5) is 29.5. The number of aryl methyl sites for hydroxylation is 1. The van der Waals surface area contributed by atoms with Gasteiger partial charge in [-0.15, -0.1) is 0 Å². The van der Waals surface area contributed by atoms with Crippen LogP contribution in [-0.2, 0) is 0 Å². The SMILES string of the molecule is Cc1nn(-c2ccccc2)c(C)c1NC(=O)c1cnc2ccccn2c1=O. The number of nitrogens with one attached hydrogen (secondary N) is 1. The molecule has 0 saturated carbocycles. The molecule has 27 heavy (non-hydrogen) atoms. The highest BCUT2D eigenvalue weighted by atomic mass is 16.2. The van der Waals surface area contributed by atoms with Crippen molar-refractivity contribution in [2.45, 2.75) is 13.8 Å². The molecule has 0 spiro atoms. The molecule has 0 aliphatic heterocycles. The second-order valence-electron chi connectivity index (χ2n) is 6.15. The van der Waals surface area contributed by atoms with Gasteiger partial charge in [0.1, 0.15) is 11.2 Å². The van der Waals surface area contributed by atoms with Gasteiger partial charge in [-0.1, -0.05) is 24.3 Å². The molecule has 3 aromatic heterocycles. The minimum Gasteiger partial charge on any atom is -0.319 e. The van der Waals surface area contributed by atoms with Crippen molar-refractivity contribution in [2.75, 3.05) is 5.32 Å². The van der Waals surface area contributed by atoms with Crippen LogP contribution in [0.4, 0.5) is 5.69 Å². The average Bonchev–Trinajstić information content (AvgIpc) is 2.97. The Hall–Kier alpha value is -3.74. The maximum atomic E-state index is 12.7. The van der Waals surface area contributed by atoms with Crippen molar-refractivity contribution in [1.29, 1.82) is 0 Å². The lowest BCUT2D eigenvalue weighted by Crippen LogP contribution is -2.26. The number of hydrogen-bond donors (Lipinski definition) is 1. The number of aromatic nitrogens is 4. The molecular formula is C20H17N5O2. The number of fused-ring (bicyclic) bond motifs is 1. The first-order chi connectivity index (χ1) is 13.1. The lowest BCUT2D eigenvalue weighted by Gasteiger charge is -2.07. The van der Waals surface area contributed by atoms with Gasteiger partial charge in [-0.05, 0) is 38.1 Å². The number of pyridine rings is 1. The van der Waals surface area contributed by atoms with E-state index >= 15 is 0 Å². The Morgan fingerprint density at radius 2 is 1.78 bits per heavy atom. The molecule has 0 atom stereocenters. The molecule has 0 aliphatic carbocycles. The monoisotopic (exact) mass is 359 g/mol. The smallest absolute Gasteiger partial charge is 0.270 e. The van der Waals surface area contributed by atoms with E-state index < -0.39 is 11.5 Å². The van der Waals surface area contributed by atoms with Crippen molar-refractivity contribution >= 4 is 17.2 Å². The number of rotatable bonds is 3. The molecule has 0 fully saturated rings. The van der Waals surface area contributed by atoms with E-state index in [0.29, 0.717) is 17.0 Å². The fourth-order valence-electron chi connectivity index (χ4n) is 3.01. The van der Waals surface area contributed by atoms with Gasteiger partial charge in [0.05, 0.1) is 22.8 Å². The molecule has 0 aliphatic rings. The van der Waals surface area contributed by atoms with Gasteiger partial charge in [-0.3, -0.25) is 14.0 Å². The van der Waals surface area contributed by atoms with Gasteiger partial charge in [0, 0.05) is 12.4 Å². The van der Waals surface area contributed by atoms with E-state index in [0.717, 1.165) is 11.4 Å². The van der Waals surface area contributed by atoms with Gasteiger partial charge in [-0.2, -0.15) is 5.10 Å². The maximum absolute atomic E-state index is 12.7. The summed E-state index contributed by atoms with van der Waals surface area (Å²) in [6.45, 7) is 3.68. The summed E-state index contributed by atoms with van der Waals surface area (Å²) in [5, 5.41) is 7.32. The van der Waals surface area contributed by atoms with E-state index in [1.165, 1.54) is 10.6 Å². The van der Waals surface area contributed by atoms with Crippen LogP contribution in [0.25, 0.3) is 11.3 Å². The van der Waals surface area contributed by atoms with Crippen LogP contribution in [0.5, 0.6) is 0 Å². The Kier molecular flexibility index (Phi) is 4.04. The minimum atomic E-state index is -0.510. The molecular weight excluding hydrogens is 342 g/mol.